The molecule has 0 heterocycles. The Balaban J connectivity index is 4.23. The molecule has 0 aromatic rings. The van der Waals surface area contributed by atoms with Crippen LogP contribution in [0.3, 0.4) is 0 Å². The van der Waals surface area contributed by atoms with Gasteiger partial charge in [0.1, 0.15) is 12.7 Å². The second-order valence-corrected chi connectivity index (χ2v) is 16.5. The number of unbranched alkanes of at least 4 members (excludes halogenated alkanes) is 26. The van der Waals surface area contributed by atoms with Crippen molar-refractivity contribution in [3.63, 3.8) is 0 Å². The molecule has 0 radical (unpaired) electrons. The lowest BCUT2D eigenvalue weighted by Gasteiger charge is -2.20. The molecule has 0 aliphatic heterocycles. The average Bonchev–Trinajstić information content (AvgIpc) is 3.16. The quantitative estimate of drug-likeness (QED) is 0.0236. The van der Waals surface area contributed by atoms with Crippen molar-refractivity contribution in [1.29, 1.82) is 0 Å². The topological polar surface area (TPSA) is 149 Å². The third-order valence-electron chi connectivity index (χ3n) is 9.67. The molecule has 0 aromatic carbocycles. The summed E-state index contributed by atoms with van der Waals surface area (Å²) in [6.45, 7) is 2.38. The molecule has 0 bridgehead atoms. The fourth-order valence-electron chi connectivity index (χ4n) is 6.22. The molecule has 0 saturated carbocycles. The Morgan fingerprint density at radius 2 is 0.907 bits per heavy atom. The number of ether oxygens (including phenoxy) is 2. The Hall–Kier alpha value is -1.29. The number of hydrogen-bond acceptors (Lipinski definition) is 9. The first-order chi connectivity index (χ1) is 26.2. The van der Waals surface area contributed by atoms with Crippen molar-refractivity contribution in [2.24, 2.45) is 0 Å². The Morgan fingerprint density at radius 3 is 1.35 bits per heavy atom. The van der Waals surface area contributed by atoms with Crippen molar-refractivity contribution in [3.05, 3.63) is 12.2 Å². The number of phosphoric ester groups is 1. The molecule has 11 heteroatoms. The molecular weight excluding hydrogens is 707 g/mol. The minimum absolute atomic E-state index is 0.178. The molecule has 10 nitrogen and oxygen atoms in total. The van der Waals surface area contributed by atoms with Gasteiger partial charge in [-0.1, -0.05) is 174 Å². The summed E-state index contributed by atoms with van der Waals surface area (Å²) in [5.74, 6) is -0.924. The number of aliphatic hydroxyl groups excluding tert-OH is 2. The van der Waals surface area contributed by atoms with E-state index in [1.807, 2.05) is 0 Å². The highest BCUT2D eigenvalue weighted by molar-refractivity contribution is 7.47. The van der Waals surface area contributed by atoms with Gasteiger partial charge in [-0.05, 0) is 38.5 Å². The van der Waals surface area contributed by atoms with Crippen molar-refractivity contribution >= 4 is 19.8 Å². The molecule has 0 aromatic heterocycles. The maximum atomic E-state index is 12.6. The van der Waals surface area contributed by atoms with Crippen LogP contribution in [0.25, 0.3) is 0 Å². The van der Waals surface area contributed by atoms with Crippen LogP contribution in [0.15, 0.2) is 12.2 Å². The first-order valence-electron chi connectivity index (χ1n) is 22.1. The zero-order valence-corrected chi connectivity index (χ0v) is 35.6. The maximum absolute atomic E-state index is 12.6. The second-order valence-electron chi connectivity index (χ2n) is 15.1. The van der Waals surface area contributed by atoms with Gasteiger partial charge >= 0.3 is 19.8 Å². The van der Waals surface area contributed by atoms with E-state index < -0.39 is 51.8 Å². The highest BCUT2D eigenvalue weighted by atomic mass is 31.2. The van der Waals surface area contributed by atoms with E-state index in [2.05, 4.69) is 30.5 Å². The third kappa shape index (κ3) is 39.0. The van der Waals surface area contributed by atoms with Crippen LogP contribution in [0.4, 0.5) is 0 Å². The highest BCUT2D eigenvalue weighted by Crippen LogP contribution is 2.43. The molecule has 3 unspecified atom stereocenters. The van der Waals surface area contributed by atoms with Gasteiger partial charge in [0.15, 0.2) is 6.10 Å². The van der Waals surface area contributed by atoms with Crippen LogP contribution >= 0.6 is 7.82 Å². The van der Waals surface area contributed by atoms with Crippen molar-refractivity contribution in [2.75, 3.05) is 26.4 Å². The number of rotatable bonds is 42. The standard InChI is InChI=1S/C43H83O10P/c1-3-5-7-9-11-13-15-17-18-19-20-21-23-24-26-28-30-32-34-42(46)50-38-41(39-52-54(48,49)51-37-40(45)36-44)53-43(47)35-33-31-29-27-25-22-16-14-12-10-8-6-4-2/h14,16,40-41,44-45H,3-13,15,17-39H2,1-2H3,(H,48,49)/b16-14-. The van der Waals surface area contributed by atoms with Gasteiger partial charge in [-0.3, -0.25) is 18.6 Å². The van der Waals surface area contributed by atoms with E-state index in [4.69, 9.17) is 19.1 Å². The lowest BCUT2D eigenvalue weighted by Crippen LogP contribution is -2.29. The van der Waals surface area contributed by atoms with E-state index >= 15 is 0 Å². The molecule has 3 N–H and O–H groups in total. The first kappa shape index (κ1) is 52.7. The number of phosphoric acid groups is 1. The SMILES string of the molecule is CCCCCC/C=C\CCCCCCCC(=O)OC(COC(=O)CCCCCCCCCCCCCCCCCCCC)COP(=O)(O)OCC(O)CO. The molecule has 0 fully saturated rings. The van der Waals surface area contributed by atoms with Gasteiger partial charge in [-0.25, -0.2) is 4.57 Å². The van der Waals surface area contributed by atoms with Crippen LogP contribution < -0.4 is 0 Å². The van der Waals surface area contributed by atoms with Crippen molar-refractivity contribution in [3.8, 4) is 0 Å². The number of hydrogen-bond donors (Lipinski definition) is 3. The Kier molecular flexibility index (Phi) is 39.0. The third-order valence-corrected chi connectivity index (χ3v) is 10.6. The Labute approximate surface area is 330 Å². The minimum Gasteiger partial charge on any atom is -0.462 e. The molecule has 3 atom stereocenters. The normalized spacial score (nSPS) is 13.9. The maximum Gasteiger partial charge on any atom is 0.472 e. The summed E-state index contributed by atoms with van der Waals surface area (Å²) in [4.78, 5) is 35.0. The van der Waals surface area contributed by atoms with Gasteiger partial charge in [-0.2, -0.15) is 0 Å². The molecule has 0 saturated heterocycles. The molecule has 0 aliphatic rings. The Morgan fingerprint density at radius 1 is 0.537 bits per heavy atom. The van der Waals surface area contributed by atoms with Crippen molar-refractivity contribution in [2.45, 2.75) is 225 Å². The zero-order valence-electron chi connectivity index (χ0n) is 34.7. The van der Waals surface area contributed by atoms with Gasteiger partial charge < -0.3 is 24.6 Å². The van der Waals surface area contributed by atoms with E-state index in [0.717, 1.165) is 57.8 Å². The van der Waals surface area contributed by atoms with Crippen LogP contribution in [-0.4, -0.2) is 65.7 Å². The van der Waals surface area contributed by atoms with Crippen LogP contribution in [0.2, 0.25) is 0 Å². The Bertz CT molecular complexity index is 915. The second kappa shape index (κ2) is 39.9. The number of aliphatic hydroxyl groups is 2. The smallest absolute Gasteiger partial charge is 0.462 e. The predicted molar refractivity (Wildman–Crippen MR) is 219 cm³/mol. The molecule has 0 aliphatic carbocycles. The van der Waals surface area contributed by atoms with E-state index in [1.165, 1.54) is 116 Å². The van der Waals surface area contributed by atoms with Crippen LogP contribution in [-0.2, 0) is 32.7 Å². The number of carbonyl (C=O) groups excluding carboxylic acids is 2. The van der Waals surface area contributed by atoms with E-state index in [-0.39, 0.29) is 19.4 Å². The van der Waals surface area contributed by atoms with Crippen molar-refractivity contribution < 1.29 is 47.8 Å². The molecule has 0 amide bonds. The summed E-state index contributed by atoms with van der Waals surface area (Å²) in [7, 11) is -4.61. The predicted octanol–water partition coefficient (Wildman–Crippen LogP) is 11.6. The van der Waals surface area contributed by atoms with Crippen LogP contribution in [0.5, 0.6) is 0 Å². The summed E-state index contributed by atoms with van der Waals surface area (Å²) in [6.07, 6.45) is 37.5. The fourth-order valence-corrected chi connectivity index (χ4v) is 7.01. The summed E-state index contributed by atoms with van der Waals surface area (Å²) in [5.41, 5.74) is 0. The molecule has 54 heavy (non-hydrogen) atoms. The van der Waals surface area contributed by atoms with Crippen LogP contribution in [0.1, 0.15) is 213 Å². The van der Waals surface area contributed by atoms with E-state index in [9.17, 15) is 24.2 Å². The van der Waals surface area contributed by atoms with Gasteiger partial charge in [0, 0.05) is 12.8 Å². The minimum atomic E-state index is -4.61. The number of allylic oxidation sites excluding steroid dienone is 2. The summed E-state index contributed by atoms with van der Waals surface area (Å²) in [6, 6.07) is 0. The fraction of sp³-hybridized carbons (Fsp3) is 0.907. The van der Waals surface area contributed by atoms with Crippen LogP contribution in [0, 0.1) is 0 Å². The number of carbonyl (C=O) groups is 2. The van der Waals surface area contributed by atoms with Gasteiger partial charge in [0.25, 0.3) is 0 Å². The lowest BCUT2D eigenvalue weighted by molar-refractivity contribution is -0.161. The highest BCUT2D eigenvalue weighted by Gasteiger charge is 2.27. The summed E-state index contributed by atoms with van der Waals surface area (Å²) in [5, 5.41) is 18.3. The lowest BCUT2D eigenvalue weighted by atomic mass is 10.0. The largest absolute Gasteiger partial charge is 0.472 e. The molecule has 320 valence electrons. The summed E-state index contributed by atoms with van der Waals surface area (Å²) < 4.78 is 32.7. The zero-order chi connectivity index (χ0) is 39.8. The van der Waals surface area contributed by atoms with Gasteiger partial charge in [0.05, 0.1) is 19.8 Å². The van der Waals surface area contributed by atoms with Gasteiger partial charge in [0.2, 0.25) is 0 Å². The molecule has 0 spiro atoms. The van der Waals surface area contributed by atoms with E-state index in [0.29, 0.717) is 12.8 Å². The van der Waals surface area contributed by atoms with E-state index in [1.54, 1.807) is 0 Å². The number of esters is 2. The van der Waals surface area contributed by atoms with Gasteiger partial charge in [-0.15, -0.1) is 0 Å². The monoisotopic (exact) mass is 791 g/mol. The summed E-state index contributed by atoms with van der Waals surface area (Å²) >= 11 is 0. The average molecular weight is 791 g/mol. The molecule has 0 rings (SSSR count). The van der Waals surface area contributed by atoms with Crippen molar-refractivity contribution in [1.82, 2.24) is 0 Å². The molecular formula is C43H83O10P. The first-order valence-corrected chi connectivity index (χ1v) is 23.6.